The van der Waals surface area contributed by atoms with Gasteiger partial charge in [0.05, 0.1) is 24.8 Å². The molecule has 2 aromatic carbocycles. The van der Waals surface area contributed by atoms with E-state index >= 15 is 0 Å². The highest BCUT2D eigenvalue weighted by atomic mass is 32.2. The Bertz CT molecular complexity index is 1080. The molecule has 0 atom stereocenters. The quantitative estimate of drug-likeness (QED) is 0.578. The van der Waals surface area contributed by atoms with Crippen molar-refractivity contribution in [2.24, 2.45) is 0 Å². The van der Waals surface area contributed by atoms with Crippen molar-refractivity contribution in [3.05, 3.63) is 59.7 Å². The van der Waals surface area contributed by atoms with Crippen molar-refractivity contribution in [2.45, 2.75) is 37.5 Å². The van der Waals surface area contributed by atoms with E-state index in [1.807, 2.05) is 19.1 Å². The number of nitrogens with one attached hydrogen (secondary N) is 1. The maximum Gasteiger partial charge on any atom is 0.264 e. The number of amides is 1. The molecule has 0 spiro atoms. The maximum atomic E-state index is 13.6. The number of methoxy groups -OCH3 is 2. The fourth-order valence-corrected chi connectivity index (χ4v) is 5.03. The van der Waals surface area contributed by atoms with E-state index in [-0.39, 0.29) is 17.3 Å². The number of sulfonamides is 1. The summed E-state index contributed by atoms with van der Waals surface area (Å²) < 4.78 is 38.7. The summed E-state index contributed by atoms with van der Waals surface area (Å²) in [6.45, 7) is 2.03. The average Bonchev–Trinajstić information content (AvgIpc) is 2.82. The molecule has 0 aliphatic heterocycles. The number of anilines is 1. The van der Waals surface area contributed by atoms with Crippen LogP contribution in [0.3, 0.4) is 0 Å². The van der Waals surface area contributed by atoms with Crippen LogP contribution < -0.4 is 19.1 Å². The molecular formula is C24H30N2O5S. The fraction of sp³-hybridized carbons (Fsp3) is 0.375. The molecule has 1 aliphatic rings. The van der Waals surface area contributed by atoms with Crippen molar-refractivity contribution in [3.63, 3.8) is 0 Å². The summed E-state index contributed by atoms with van der Waals surface area (Å²) in [6.07, 6.45) is 6.43. The van der Waals surface area contributed by atoms with Gasteiger partial charge in [-0.3, -0.25) is 9.10 Å². The third kappa shape index (κ3) is 5.62. The Balaban J connectivity index is 1.89. The molecule has 172 valence electrons. The van der Waals surface area contributed by atoms with E-state index in [0.717, 1.165) is 29.1 Å². The first-order chi connectivity index (χ1) is 15.3. The molecule has 0 fully saturated rings. The van der Waals surface area contributed by atoms with Gasteiger partial charge < -0.3 is 14.8 Å². The Kier molecular flexibility index (Phi) is 7.80. The Labute approximate surface area is 190 Å². The highest BCUT2D eigenvalue weighted by Crippen LogP contribution is 2.32. The van der Waals surface area contributed by atoms with Crippen LogP contribution in [0.1, 0.15) is 31.2 Å². The number of nitrogens with zero attached hydrogens (tertiary/aromatic N) is 1. The van der Waals surface area contributed by atoms with Gasteiger partial charge in [0.2, 0.25) is 5.91 Å². The van der Waals surface area contributed by atoms with Crippen LogP contribution in [0.25, 0.3) is 0 Å². The molecule has 32 heavy (non-hydrogen) atoms. The fourth-order valence-electron chi connectivity index (χ4n) is 3.59. The molecular weight excluding hydrogens is 428 g/mol. The van der Waals surface area contributed by atoms with Gasteiger partial charge in [-0.2, -0.15) is 0 Å². The molecule has 0 saturated carbocycles. The standard InChI is InChI=1S/C24H30N2O5S/c1-18-9-11-20(12-10-18)26(17-24(27)25-16-19-7-5-4-6-8-19)32(28,29)21-13-14-22(30-2)23(15-21)31-3/h7,9-15H,4-6,8,16-17H2,1-3H3,(H,25,27). The zero-order valence-corrected chi connectivity index (χ0v) is 19.6. The van der Waals surface area contributed by atoms with Crippen LogP contribution in [0.4, 0.5) is 5.69 Å². The van der Waals surface area contributed by atoms with Crippen molar-refractivity contribution in [2.75, 3.05) is 31.6 Å². The molecule has 3 rings (SSSR count). The van der Waals surface area contributed by atoms with Crippen LogP contribution >= 0.6 is 0 Å². The first-order valence-electron chi connectivity index (χ1n) is 10.6. The van der Waals surface area contributed by atoms with E-state index in [4.69, 9.17) is 9.47 Å². The molecule has 0 unspecified atom stereocenters. The van der Waals surface area contributed by atoms with E-state index in [1.54, 1.807) is 12.1 Å². The first kappa shape index (κ1) is 23.7. The summed E-state index contributed by atoms with van der Waals surface area (Å²) in [5, 5.41) is 2.87. The lowest BCUT2D eigenvalue weighted by Crippen LogP contribution is -2.41. The number of carbonyl (C=O) groups excluding carboxylic acids is 1. The highest BCUT2D eigenvalue weighted by Gasteiger charge is 2.28. The van der Waals surface area contributed by atoms with Gasteiger partial charge in [-0.25, -0.2) is 8.42 Å². The lowest BCUT2D eigenvalue weighted by molar-refractivity contribution is -0.119. The van der Waals surface area contributed by atoms with Gasteiger partial charge in [0.1, 0.15) is 6.54 Å². The third-order valence-electron chi connectivity index (χ3n) is 5.45. The molecule has 1 N–H and O–H groups in total. The molecule has 0 saturated heterocycles. The van der Waals surface area contributed by atoms with E-state index in [1.165, 1.54) is 44.4 Å². The van der Waals surface area contributed by atoms with Gasteiger partial charge in [0.15, 0.2) is 11.5 Å². The smallest absolute Gasteiger partial charge is 0.264 e. The number of allylic oxidation sites excluding steroid dienone is 1. The zero-order valence-electron chi connectivity index (χ0n) is 18.8. The Morgan fingerprint density at radius 1 is 1.03 bits per heavy atom. The van der Waals surface area contributed by atoms with E-state index in [0.29, 0.717) is 23.7 Å². The van der Waals surface area contributed by atoms with Gasteiger partial charge in [-0.1, -0.05) is 29.3 Å². The van der Waals surface area contributed by atoms with Crippen molar-refractivity contribution in [1.82, 2.24) is 5.32 Å². The summed E-state index contributed by atoms with van der Waals surface area (Å²) in [4.78, 5) is 12.8. The molecule has 8 heteroatoms. The largest absolute Gasteiger partial charge is 0.493 e. The van der Waals surface area contributed by atoms with Crippen LogP contribution in [-0.4, -0.2) is 41.6 Å². The maximum absolute atomic E-state index is 13.6. The van der Waals surface area contributed by atoms with Crippen molar-refractivity contribution in [1.29, 1.82) is 0 Å². The summed E-state index contributed by atoms with van der Waals surface area (Å²) in [6, 6.07) is 11.4. The Morgan fingerprint density at radius 2 is 1.75 bits per heavy atom. The first-order valence-corrected chi connectivity index (χ1v) is 12.0. The van der Waals surface area contributed by atoms with Gasteiger partial charge in [-0.15, -0.1) is 0 Å². The normalized spacial score (nSPS) is 13.8. The molecule has 1 amide bonds. The van der Waals surface area contributed by atoms with Gasteiger partial charge in [-0.05, 0) is 56.9 Å². The monoisotopic (exact) mass is 458 g/mol. The number of benzene rings is 2. The van der Waals surface area contributed by atoms with Gasteiger partial charge in [0, 0.05) is 12.6 Å². The van der Waals surface area contributed by atoms with Crippen LogP contribution in [0.2, 0.25) is 0 Å². The Hall–Kier alpha value is -3.00. The summed E-state index contributed by atoms with van der Waals surface area (Å²) >= 11 is 0. The molecule has 0 aromatic heterocycles. The second kappa shape index (κ2) is 10.5. The number of rotatable bonds is 9. The lowest BCUT2D eigenvalue weighted by Gasteiger charge is -2.25. The van der Waals surface area contributed by atoms with Crippen molar-refractivity contribution >= 4 is 21.6 Å². The molecule has 1 aliphatic carbocycles. The van der Waals surface area contributed by atoms with Gasteiger partial charge in [0.25, 0.3) is 10.0 Å². The number of carbonyl (C=O) groups is 1. The number of hydrogen-bond acceptors (Lipinski definition) is 5. The second-order valence-corrected chi connectivity index (χ2v) is 9.61. The zero-order chi connectivity index (χ0) is 23.1. The molecule has 0 heterocycles. The molecule has 2 aromatic rings. The summed E-state index contributed by atoms with van der Waals surface area (Å²) in [5.74, 6) is 0.360. The van der Waals surface area contributed by atoms with Crippen LogP contribution in [0.5, 0.6) is 11.5 Å². The predicted octanol–water partition coefficient (Wildman–Crippen LogP) is 3.82. The summed E-state index contributed by atoms with van der Waals surface area (Å²) in [5.41, 5.74) is 2.59. The average molecular weight is 459 g/mol. The van der Waals surface area contributed by atoms with Crippen LogP contribution in [0.15, 0.2) is 59.0 Å². The molecule has 0 bridgehead atoms. The number of ether oxygens (including phenoxy) is 2. The summed E-state index contributed by atoms with van der Waals surface area (Å²) in [7, 11) is -1.11. The SMILES string of the molecule is COc1ccc(S(=O)(=O)N(CC(=O)NCC2=CCCCC2)c2ccc(C)cc2)cc1OC. The second-order valence-electron chi connectivity index (χ2n) is 7.75. The minimum absolute atomic E-state index is 0.0125. The Morgan fingerprint density at radius 3 is 2.38 bits per heavy atom. The minimum atomic E-state index is -4.04. The van der Waals surface area contributed by atoms with Gasteiger partial charge >= 0.3 is 0 Å². The minimum Gasteiger partial charge on any atom is -0.493 e. The number of aryl methyl sites for hydroxylation is 1. The predicted molar refractivity (Wildman–Crippen MR) is 125 cm³/mol. The van der Waals surface area contributed by atoms with Crippen LogP contribution in [-0.2, 0) is 14.8 Å². The van der Waals surface area contributed by atoms with Crippen molar-refractivity contribution < 1.29 is 22.7 Å². The highest BCUT2D eigenvalue weighted by molar-refractivity contribution is 7.92. The van der Waals surface area contributed by atoms with E-state index < -0.39 is 10.0 Å². The van der Waals surface area contributed by atoms with Crippen LogP contribution in [0, 0.1) is 6.92 Å². The third-order valence-corrected chi connectivity index (χ3v) is 7.22. The molecule has 7 nitrogen and oxygen atoms in total. The van der Waals surface area contributed by atoms with E-state index in [2.05, 4.69) is 11.4 Å². The topological polar surface area (TPSA) is 84.9 Å². The lowest BCUT2D eigenvalue weighted by atomic mass is 10.00. The van der Waals surface area contributed by atoms with Crippen molar-refractivity contribution in [3.8, 4) is 11.5 Å². The molecule has 0 radical (unpaired) electrons. The number of hydrogen-bond donors (Lipinski definition) is 1. The van der Waals surface area contributed by atoms with E-state index in [9.17, 15) is 13.2 Å².